The van der Waals surface area contributed by atoms with Gasteiger partial charge in [-0.2, -0.15) is 0 Å². The summed E-state index contributed by atoms with van der Waals surface area (Å²) in [5, 5.41) is 2.96. The van der Waals surface area contributed by atoms with Crippen LogP contribution in [-0.4, -0.2) is 16.9 Å². The van der Waals surface area contributed by atoms with Gasteiger partial charge >= 0.3 is 6.09 Å². The molecule has 112 valence electrons. The second kappa shape index (κ2) is 7.41. The van der Waals surface area contributed by atoms with Gasteiger partial charge in [-0.1, -0.05) is 28.7 Å². The zero-order valence-corrected chi connectivity index (χ0v) is 13.5. The Labute approximate surface area is 134 Å². The molecular weight excluding hydrogens is 389 g/mol. The average molecular weight is 403 g/mol. The highest BCUT2D eigenvalue weighted by molar-refractivity contribution is 14.1. The van der Waals surface area contributed by atoms with E-state index < -0.39 is 6.09 Å². The molecule has 7 heteroatoms. The molecule has 1 aromatic carbocycles. The molecule has 0 aliphatic carbocycles. The van der Waals surface area contributed by atoms with Crippen LogP contribution in [0.5, 0.6) is 0 Å². The Hall–Kier alpha value is -1.61. The van der Waals surface area contributed by atoms with Gasteiger partial charge in [0.1, 0.15) is 23.0 Å². The lowest BCUT2D eigenvalue weighted by molar-refractivity contribution is 0.0925. The minimum atomic E-state index is -0.568. The predicted molar refractivity (Wildman–Crippen MR) is 85.2 cm³/mol. The van der Waals surface area contributed by atoms with Gasteiger partial charge in [0.05, 0.1) is 11.6 Å². The molecule has 1 unspecified atom stereocenters. The first-order chi connectivity index (χ1) is 10.1. The summed E-state index contributed by atoms with van der Waals surface area (Å²) in [6, 6.07) is 6.40. The minimum Gasteiger partial charge on any atom is -0.464 e. The number of nitrogens with one attached hydrogen (secondary N) is 1. The van der Waals surface area contributed by atoms with Crippen LogP contribution in [0.2, 0.25) is 0 Å². The van der Waals surface area contributed by atoms with E-state index in [0.29, 0.717) is 11.0 Å². The number of hydrogen-bond donors (Lipinski definition) is 1. The minimum absolute atomic E-state index is 0.00582. The Bertz CT molecular complexity index is 682. The van der Waals surface area contributed by atoms with Gasteiger partial charge in [0, 0.05) is 6.07 Å². The standard InChI is InChI=1S/C14H14INO5/c1-9(15)21-8-16-14(18)20-7-10-2-3-11-12(17)4-5-19-13(11)6-10/h2-6,9H,7-8H2,1H3,(H,16,18). The topological polar surface area (TPSA) is 77.8 Å². The molecule has 0 spiro atoms. The van der Waals surface area contributed by atoms with Crippen molar-refractivity contribution in [2.75, 3.05) is 6.73 Å². The van der Waals surface area contributed by atoms with Crippen LogP contribution in [0.4, 0.5) is 4.79 Å². The van der Waals surface area contributed by atoms with E-state index in [1.807, 2.05) is 6.92 Å². The Balaban J connectivity index is 1.91. The third-order valence-corrected chi connectivity index (χ3v) is 2.98. The van der Waals surface area contributed by atoms with E-state index in [-0.39, 0.29) is 22.9 Å². The van der Waals surface area contributed by atoms with Crippen molar-refractivity contribution in [2.45, 2.75) is 17.6 Å². The zero-order valence-electron chi connectivity index (χ0n) is 11.3. The molecular formula is C14H14INO5. The summed E-state index contributed by atoms with van der Waals surface area (Å²) in [5.41, 5.74) is 1.09. The highest BCUT2D eigenvalue weighted by Gasteiger charge is 2.05. The number of alkyl halides is 1. The summed E-state index contributed by atoms with van der Waals surface area (Å²) in [4.78, 5) is 23.0. The van der Waals surface area contributed by atoms with Crippen molar-refractivity contribution in [3.63, 3.8) is 0 Å². The SMILES string of the molecule is CC(I)OCNC(=O)OCc1ccc2c(=O)ccoc2c1. The van der Waals surface area contributed by atoms with Crippen LogP contribution >= 0.6 is 22.6 Å². The monoisotopic (exact) mass is 403 g/mol. The van der Waals surface area contributed by atoms with Crippen LogP contribution in [0, 0.1) is 0 Å². The quantitative estimate of drug-likeness (QED) is 0.472. The Kier molecular flexibility index (Phi) is 5.57. The van der Waals surface area contributed by atoms with E-state index in [1.165, 1.54) is 12.3 Å². The molecule has 0 aliphatic heterocycles. The molecule has 1 aromatic heterocycles. The second-order valence-electron chi connectivity index (χ2n) is 4.22. The molecule has 1 atom stereocenters. The number of fused-ring (bicyclic) bond motifs is 1. The Morgan fingerprint density at radius 3 is 3.00 bits per heavy atom. The number of rotatable bonds is 5. The van der Waals surface area contributed by atoms with Gasteiger partial charge < -0.3 is 13.9 Å². The molecule has 2 aromatic rings. The van der Waals surface area contributed by atoms with Crippen molar-refractivity contribution in [1.29, 1.82) is 0 Å². The van der Waals surface area contributed by atoms with E-state index in [2.05, 4.69) is 27.9 Å². The number of alkyl carbamates (subject to hydrolysis) is 1. The fourth-order valence-corrected chi connectivity index (χ4v) is 1.81. The van der Waals surface area contributed by atoms with Gasteiger partial charge in [0.25, 0.3) is 0 Å². The Morgan fingerprint density at radius 2 is 2.24 bits per heavy atom. The molecule has 0 fully saturated rings. The summed E-state index contributed by atoms with van der Waals surface area (Å²) in [7, 11) is 0. The normalized spacial score (nSPS) is 12.1. The smallest absolute Gasteiger partial charge is 0.409 e. The lowest BCUT2D eigenvalue weighted by atomic mass is 10.1. The zero-order chi connectivity index (χ0) is 15.2. The summed E-state index contributed by atoms with van der Waals surface area (Å²) < 4.78 is 15.5. The maximum Gasteiger partial charge on any atom is 0.409 e. The van der Waals surface area contributed by atoms with Crippen LogP contribution in [0.1, 0.15) is 12.5 Å². The molecule has 2 rings (SSSR count). The van der Waals surface area contributed by atoms with E-state index in [4.69, 9.17) is 13.9 Å². The van der Waals surface area contributed by atoms with Gasteiger partial charge in [-0.15, -0.1) is 0 Å². The van der Waals surface area contributed by atoms with Gasteiger partial charge in [-0.3, -0.25) is 10.1 Å². The highest BCUT2D eigenvalue weighted by atomic mass is 127. The summed E-state index contributed by atoms with van der Waals surface area (Å²) in [6.07, 6.45) is 0.770. The predicted octanol–water partition coefficient (Wildman–Crippen LogP) is 2.77. The lowest BCUT2D eigenvalue weighted by Gasteiger charge is -2.09. The highest BCUT2D eigenvalue weighted by Crippen LogP contribution is 2.13. The molecule has 1 heterocycles. The van der Waals surface area contributed by atoms with Crippen LogP contribution in [0.3, 0.4) is 0 Å². The largest absolute Gasteiger partial charge is 0.464 e. The van der Waals surface area contributed by atoms with Crippen molar-refractivity contribution >= 4 is 39.7 Å². The third kappa shape index (κ3) is 4.71. The number of carbonyl (C=O) groups is 1. The molecule has 0 saturated carbocycles. The van der Waals surface area contributed by atoms with Crippen LogP contribution in [0.15, 0.2) is 39.7 Å². The molecule has 0 aliphatic rings. The summed E-state index contributed by atoms with van der Waals surface area (Å²) in [5.74, 6) is 0. The first kappa shape index (κ1) is 15.8. The van der Waals surface area contributed by atoms with Crippen molar-refractivity contribution in [2.24, 2.45) is 0 Å². The van der Waals surface area contributed by atoms with E-state index in [9.17, 15) is 9.59 Å². The van der Waals surface area contributed by atoms with E-state index in [1.54, 1.807) is 18.2 Å². The van der Waals surface area contributed by atoms with Crippen molar-refractivity contribution in [3.8, 4) is 0 Å². The first-order valence-corrected chi connectivity index (χ1v) is 7.47. The Morgan fingerprint density at radius 1 is 1.43 bits per heavy atom. The molecule has 6 nitrogen and oxygen atoms in total. The number of benzene rings is 1. The van der Waals surface area contributed by atoms with Crippen molar-refractivity contribution < 1.29 is 18.7 Å². The third-order valence-electron chi connectivity index (χ3n) is 2.63. The fraction of sp³-hybridized carbons (Fsp3) is 0.286. The van der Waals surface area contributed by atoms with Gasteiger partial charge in [0.15, 0.2) is 5.43 Å². The number of hydrogen-bond acceptors (Lipinski definition) is 5. The van der Waals surface area contributed by atoms with Crippen molar-refractivity contribution in [3.05, 3.63) is 46.3 Å². The molecule has 1 N–H and O–H groups in total. The van der Waals surface area contributed by atoms with Crippen LogP contribution in [-0.2, 0) is 16.1 Å². The van der Waals surface area contributed by atoms with Gasteiger partial charge in [0.2, 0.25) is 0 Å². The summed E-state index contributed by atoms with van der Waals surface area (Å²) >= 11 is 2.08. The average Bonchev–Trinajstić information content (AvgIpc) is 2.45. The maximum atomic E-state index is 11.6. The molecule has 21 heavy (non-hydrogen) atoms. The number of ether oxygens (including phenoxy) is 2. The number of halogens is 1. The second-order valence-corrected chi connectivity index (χ2v) is 5.98. The molecule has 0 radical (unpaired) electrons. The van der Waals surface area contributed by atoms with Crippen LogP contribution in [0.25, 0.3) is 11.0 Å². The summed E-state index contributed by atoms with van der Waals surface area (Å²) in [6.45, 7) is 2.03. The van der Waals surface area contributed by atoms with E-state index >= 15 is 0 Å². The number of amides is 1. The molecule has 0 bridgehead atoms. The van der Waals surface area contributed by atoms with E-state index in [0.717, 1.165) is 5.56 Å². The van der Waals surface area contributed by atoms with Gasteiger partial charge in [-0.25, -0.2) is 4.79 Å². The van der Waals surface area contributed by atoms with Crippen molar-refractivity contribution in [1.82, 2.24) is 5.32 Å². The lowest BCUT2D eigenvalue weighted by Crippen LogP contribution is -2.27. The maximum absolute atomic E-state index is 11.6. The van der Waals surface area contributed by atoms with Crippen LogP contribution < -0.4 is 10.7 Å². The first-order valence-electron chi connectivity index (χ1n) is 6.23. The fourth-order valence-electron chi connectivity index (χ4n) is 1.63. The number of carbonyl (C=O) groups excluding carboxylic acids is 1. The van der Waals surface area contributed by atoms with Gasteiger partial charge in [-0.05, 0) is 24.6 Å². The molecule has 0 saturated heterocycles. The molecule has 1 amide bonds.